The largest absolute Gasteiger partial charge is 0.507 e. The van der Waals surface area contributed by atoms with E-state index in [9.17, 15) is 61.3 Å². The monoisotopic (exact) mass is 846 g/mol. The lowest BCUT2D eigenvalue weighted by Gasteiger charge is -2.36. The molecule has 15 nitrogen and oxygen atoms in total. The summed E-state index contributed by atoms with van der Waals surface area (Å²) in [4.78, 5) is 53.3. The summed E-state index contributed by atoms with van der Waals surface area (Å²) in [6, 6.07) is 16.8. The molecule has 318 valence electrons. The molecule has 2 amide bonds. The number of non-ortho nitro benzene ring substituents is 2. The lowest BCUT2D eigenvalue weighted by molar-refractivity contribution is -0.385. The molecular formula is C39H36F6N6O9. The van der Waals surface area contributed by atoms with Crippen molar-refractivity contribution in [3.05, 3.63) is 127 Å². The Morgan fingerprint density at radius 2 is 1.02 bits per heavy atom. The number of nitro groups is 2. The zero-order chi connectivity index (χ0) is 43.4. The van der Waals surface area contributed by atoms with Crippen LogP contribution < -0.4 is 14.5 Å². The van der Waals surface area contributed by atoms with Gasteiger partial charge in [0.25, 0.3) is 23.2 Å². The fraction of sp³-hybridized carbons (Fsp3) is 0.333. The number of phenolic OH excluding ortho intramolecular Hbond substituents is 1. The van der Waals surface area contributed by atoms with Crippen LogP contribution in [0.4, 0.5) is 49.1 Å². The number of aromatic hydroxyl groups is 1. The third kappa shape index (κ3) is 10.1. The van der Waals surface area contributed by atoms with Gasteiger partial charge in [0.1, 0.15) is 17.6 Å². The van der Waals surface area contributed by atoms with Gasteiger partial charge in [-0.1, -0.05) is 0 Å². The standard InChI is InChI=1S/C21H20F3N3O5.C18H16F3N3O4/c22-21(23,24)14-1-3-15(4-2-14)25-7-9-26(10-8-25)20(28)18-11-16(27(29)30)5-6-19(18)32-17-12-31-13-17;19-18(20,21)12-1-3-13(4-2-12)22-7-9-23(10-8-22)17(26)15-11-14(24(27)28)5-6-16(15)25/h1-6,11,17H,7-10,12-13H2;1-6,11,25H,7-10H2. The van der Waals surface area contributed by atoms with E-state index in [2.05, 4.69) is 0 Å². The number of nitro benzene ring substituents is 2. The second-order valence-electron chi connectivity index (χ2n) is 13.8. The fourth-order valence-corrected chi connectivity index (χ4v) is 6.57. The molecule has 0 unspecified atom stereocenters. The summed E-state index contributed by atoms with van der Waals surface area (Å²) in [6.07, 6.45) is -9.00. The van der Waals surface area contributed by atoms with Gasteiger partial charge >= 0.3 is 12.4 Å². The van der Waals surface area contributed by atoms with Gasteiger partial charge in [-0.2, -0.15) is 26.3 Å². The molecule has 0 aromatic heterocycles. The smallest absolute Gasteiger partial charge is 0.416 e. The van der Waals surface area contributed by atoms with E-state index < -0.39 is 45.1 Å². The SMILES string of the molecule is O=C(c1cc([N+](=O)[O-])ccc1O)N1CCN(c2ccc(C(F)(F)F)cc2)CC1.O=C(c1cc([N+](=O)[O-])ccc1OC1COC1)N1CCN(c2ccc(C(F)(F)F)cc2)CC1. The number of ether oxygens (including phenoxy) is 2. The van der Waals surface area contributed by atoms with Crippen molar-refractivity contribution in [2.75, 3.05) is 75.4 Å². The maximum Gasteiger partial charge on any atom is 0.416 e. The Labute approximate surface area is 337 Å². The number of nitrogens with zero attached hydrogens (tertiary/aromatic N) is 6. The molecule has 21 heteroatoms. The molecular weight excluding hydrogens is 810 g/mol. The van der Waals surface area contributed by atoms with E-state index in [1.165, 1.54) is 47.4 Å². The van der Waals surface area contributed by atoms with Gasteiger partial charge in [-0.3, -0.25) is 29.8 Å². The zero-order valence-corrected chi connectivity index (χ0v) is 31.4. The zero-order valence-electron chi connectivity index (χ0n) is 31.4. The summed E-state index contributed by atoms with van der Waals surface area (Å²) in [5.41, 5.74) is -0.770. The Hall–Kier alpha value is -6.64. The van der Waals surface area contributed by atoms with Gasteiger partial charge < -0.3 is 34.2 Å². The van der Waals surface area contributed by atoms with Crippen LogP contribution in [0.2, 0.25) is 0 Å². The highest BCUT2D eigenvalue weighted by molar-refractivity contribution is 5.98. The summed E-state index contributed by atoms with van der Waals surface area (Å²) in [5, 5.41) is 31.9. The topological polar surface area (TPSA) is 172 Å². The Morgan fingerprint density at radius 1 is 0.617 bits per heavy atom. The molecule has 0 aliphatic carbocycles. The minimum atomic E-state index is -4.40. The Kier molecular flexibility index (Phi) is 12.7. The second kappa shape index (κ2) is 17.7. The lowest BCUT2D eigenvalue weighted by atomic mass is 10.1. The van der Waals surface area contributed by atoms with Crippen LogP contribution in [0.3, 0.4) is 0 Å². The number of halogens is 6. The Bertz CT molecular complexity index is 2200. The minimum absolute atomic E-state index is 0.106. The van der Waals surface area contributed by atoms with Crippen LogP contribution in [0, 0.1) is 20.2 Å². The first-order valence-corrected chi connectivity index (χ1v) is 18.3. The Balaban J connectivity index is 0.000000203. The van der Waals surface area contributed by atoms with Gasteiger partial charge in [0, 0.05) is 88.0 Å². The molecule has 0 radical (unpaired) electrons. The number of piperazine rings is 2. The quantitative estimate of drug-likeness (QED) is 0.115. The van der Waals surface area contributed by atoms with Crippen molar-refractivity contribution in [1.82, 2.24) is 9.80 Å². The molecule has 3 saturated heterocycles. The van der Waals surface area contributed by atoms with E-state index in [4.69, 9.17) is 9.47 Å². The number of hydrogen-bond acceptors (Lipinski definition) is 11. The van der Waals surface area contributed by atoms with E-state index in [0.29, 0.717) is 63.9 Å². The number of hydrogen-bond donors (Lipinski definition) is 1. The van der Waals surface area contributed by atoms with Gasteiger partial charge in [0.15, 0.2) is 0 Å². The summed E-state index contributed by atoms with van der Waals surface area (Å²) in [5.74, 6) is -1.01. The number of benzene rings is 4. The molecule has 0 spiro atoms. The molecule has 60 heavy (non-hydrogen) atoms. The van der Waals surface area contributed by atoms with Crippen molar-refractivity contribution < 1.29 is 60.4 Å². The molecule has 3 fully saturated rings. The van der Waals surface area contributed by atoms with E-state index in [1.54, 1.807) is 4.90 Å². The van der Waals surface area contributed by atoms with Crippen LogP contribution in [-0.4, -0.2) is 108 Å². The molecule has 4 aromatic carbocycles. The first-order valence-electron chi connectivity index (χ1n) is 18.3. The van der Waals surface area contributed by atoms with Gasteiger partial charge in [0.2, 0.25) is 0 Å². The second-order valence-corrected chi connectivity index (χ2v) is 13.8. The number of anilines is 2. The molecule has 1 N–H and O–H groups in total. The van der Waals surface area contributed by atoms with E-state index in [1.807, 2.05) is 9.80 Å². The van der Waals surface area contributed by atoms with E-state index in [0.717, 1.165) is 42.5 Å². The van der Waals surface area contributed by atoms with Crippen LogP contribution in [-0.2, 0) is 17.1 Å². The lowest BCUT2D eigenvalue weighted by Crippen LogP contribution is -2.49. The third-order valence-corrected chi connectivity index (χ3v) is 9.98. The average Bonchev–Trinajstić information content (AvgIpc) is 3.21. The first-order chi connectivity index (χ1) is 28.4. The molecule has 0 bridgehead atoms. The van der Waals surface area contributed by atoms with Gasteiger partial charge in [-0.15, -0.1) is 0 Å². The number of carbonyl (C=O) groups is 2. The number of amides is 2. The van der Waals surface area contributed by atoms with Crippen LogP contribution in [0.15, 0.2) is 84.9 Å². The number of phenols is 1. The number of alkyl halides is 6. The Morgan fingerprint density at radius 3 is 1.40 bits per heavy atom. The normalized spacial score (nSPS) is 16.0. The van der Waals surface area contributed by atoms with Gasteiger partial charge in [0.05, 0.1) is 45.3 Å². The maximum atomic E-state index is 13.1. The highest BCUT2D eigenvalue weighted by atomic mass is 19.4. The molecule has 3 heterocycles. The van der Waals surface area contributed by atoms with Crippen LogP contribution in [0.5, 0.6) is 11.5 Å². The highest BCUT2D eigenvalue weighted by Crippen LogP contribution is 2.33. The fourth-order valence-electron chi connectivity index (χ4n) is 6.57. The summed E-state index contributed by atoms with van der Waals surface area (Å²) < 4.78 is 87.1. The number of rotatable bonds is 8. The first kappa shape index (κ1) is 43.0. The number of carbonyl (C=O) groups excluding carboxylic acids is 2. The van der Waals surface area contributed by atoms with Crippen LogP contribution >= 0.6 is 0 Å². The van der Waals surface area contributed by atoms with Crippen molar-refractivity contribution >= 4 is 34.6 Å². The molecule has 0 atom stereocenters. The van der Waals surface area contributed by atoms with Crippen molar-refractivity contribution in [2.45, 2.75) is 18.5 Å². The average molecular weight is 847 g/mol. The van der Waals surface area contributed by atoms with Crippen molar-refractivity contribution in [3.8, 4) is 11.5 Å². The van der Waals surface area contributed by atoms with Crippen LogP contribution in [0.1, 0.15) is 31.8 Å². The van der Waals surface area contributed by atoms with Crippen molar-refractivity contribution in [3.63, 3.8) is 0 Å². The predicted molar refractivity (Wildman–Crippen MR) is 202 cm³/mol. The predicted octanol–water partition coefficient (Wildman–Crippen LogP) is 6.64. The highest BCUT2D eigenvalue weighted by Gasteiger charge is 2.33. The summed E-state index contributed by atoms with van der Waals surface area (Å²) >= 11 is 0. The third-order valence-electron chi connectivity index (χ3n) is 9.98. The van der Waals surface area contributed by atoms with Crippen molar-refractivity contribution in [2.24, 2.45) is 0 Å². The van der Waals surface area contributed by atoms with Crippen LogP contribution in [0.25, 0.3) is 0 Å². The maximum absolute atomic E-state index is 13.1. The molecule has 4 aromatic rings. The van der Waals surface area contributed by atoms with Gasteiger partial charge in [-0.25, -0.2) is 0 Å². The molecule has 3 aliphatic heterocycles. The molecule has 7 rings (SSSR count). The summed E-state index contributed by atoms with van der Waals surface area (Å²) in [6.45, 7) is 3.52. The summed E-state index contributed by atoms with van der Waals surface area (Å²) in [7, 11) is 0. The van der Waals surface area contributed by atoms with Crippen molar-refractivity contribution in [1.29, 1.82) is 0 Å². The molecule has 3 aliphatic rings. The molecule has 0 saturated carbocycles. The van der Waals surface area contributed by atoms with E-state index >= 15 is 0 Å². The van der Waals surface area contributed by atoms with E-state index in [-0.39, 0.29) is 53.2 Å². The van der Waals surface area contributed by atoms with Gasteiger partial charge in [-0.05, 0) is 60.7 Å². The minimum Gasteiger partial charge on any atom is -0.507 e.